The summed E-state index contributed by atoms with van der Waals surface area (Å²) in [5, 5.41) is 13.0. The van der Waals surface area contributed by atoms with Gasteiger partial charge in [-0.3, -0.25) is 9.78 Å². The molecule has 2 aromatic heterocycles. The van der Waals surface area contributed by atoms with Crippen molar-refractivity contribution in [1.82, 2.24) is 4.98 Å². The van der Waals surface area contributed by atoms with E-state index < -0.39 is 17.8 Å². The molecule has 2 aromatic carbocycles. The van der Waals surface area contributed by atoms with Crippen molar-refractivity contribution in [2.75, 3.05) is 5.32 Å². The minimum absolute atomic E-state index is 0.143. The molecule has 7 heteroatoms. The molecule has 6 nitrogen and oxygen atoms in total. The standard InChI is InChI=1S/C25H21FN2O4/c1-13-9-18(15(3)28-21-7-6-17(26)11-19(21)25(30)31)24-20(10-13)22(29)14(2)23(32-24)16-5-4-8-27-12-16/h4-12,15,28H,1-3H3,(H,30,31). The maximum atomic E-state index is 13.6. The van der Waals surface area contributed by atoms with Crippen LogP contribution in [-0.2, 0) is 0 Å². The third kappa shape index (κ3) is 3.85. The largest absolute Gasteiger partial charge is 0.478 e. The molecule has 0 saturated heterocycles. The van der Waals surface area contributed by atoms with E-state index in [1.807, 2.05) is 26.0 Å². The third-order valence-corrected chi connectivity index (χ3v) is 5.37. The molecule has 1 atom stereocenters. The highest BCUT2D eigenvalue weighted by atomic mass is 19.1. The van der Waals surface area contributed by atoms with E-state index in [0.29, 0.717) is 33.4 Å². The lowest BCUT2D eigenvalue weighted by Gasteiger charge is -2.20. The number of nitrogens with zero attached hydrogens (tertiary/aromatic N) is 1. The van der Waals surface area contributed by atoms with Crippen LogP contribution in [0.1, 0.15) is 40.0 Å². The van der Waals surface area contributed by atoms with E-state index in [4.69, 9.17) is 4.42 Å². The lowest BCUT2D eigenvalue weighted by atomic mass is 9.99. The number of pyridine rings is 1. The predicted molar refractivity (Wildman–Crippen MR) is 121 cm³/mol. The summed E-state index contributed by atoms with van der Waals surface area (Å²) in [6.45, 7) is 5.42. The van der Waals surface area contributed by atoms with Gasteiger partial charge in [0.15, 0.2) is 5.43 Å². The topological polar surface area (TPSA) is 92.4 Å². The zero-order valence-corrected chi connectivity index (χ0v) is 17.8. The molecule has 0 bridgehead atoms. The van der Waals surface area contributed by atoms with Crippen LogP contribution in [0.2, 0.25) is 0 Å². The summed E-state index contributed by atoms with van der Waals surface area (Å²) in [4.78, 5) is 28.9. The number of aromatic nitrogens is 1. The SMILES string of the molecule is Cc1cc(C(C)Nc2ccc(F)cc2C(=O)O)c2oc(-c3cccnc3)c(C)c(=O)c2c1. The molecule has 162 valence electrons. The van der Waals surface area contributed by atoms with Gasteiger partial charge in [0.1, 0.15) is 17.2 Å². The van der Waals surface area contributed by atoms with Crippen LogP contribution in [0.4, 0.5) is 10.1 Å². The summed E-state index contributed by atoms with van der Waals surface area (Å²) in [7, 11) is 0. The van der Waals surface area contributed by atoms with E-state index in [1.54, 1.807) is 31.5 Å². The molecule has 0 amide bonds. The maximum Gasteiger partial charge on any atom is 0.337 e. The van der Waals surface area contributed by atoms with Crippen LogP contribution in [0.5, 0.6) is 0 Å². The molecule has 2 heterocycles. The summed E-state index contributed by atoms with van der Waals surface area (Å²) < 4.78 is 19.8. The van der Waals surface area contributed by atoms with E-state index in [0.717, 1.165) is 11.6 Å². The summed E-state index contributed by atoms with van der Waals surface area (Å²) in [5.74, 6) is -1.44. The molecular formula is C25H21FN2O4. The highest BCUT2D eigenvalue weighted by molar-refractivity contribution is 5.94. The second-order valence-electron chi connectivity index (χ2n) is 7.72. The first-order chi connectivity index (χ1) is 15.3. The molecule has 0 aliphatic rings. The summed E-state index contributed by atoms with van der Waals surface area (Å²) in [6, 6.07) is 10.4. The number of carboxylic acids is 1. The van der Waals surface area contributed by atoms with Crippen molar-refractivity contribution in [3.8, 4) is 11.3 Å². The van der Waals surface area contributed by atoms with Gasteiger partial charge in [0.2, 0.25) is 0 Å². The molecule has 0 radical (unpaired) electrons. The van der Waals surface area contributed by atoms with Gasteiger partial charge in [-0.25, -0.2) is 9.18 Å². The smallest absolute Gasteiger partial charge is 0.337 e. The average molecular weight is 432 g/mol. The summed E-state index contributed by atoms with van der Waals surface area (Å²) in [6.07, 6.45) is 3.27. The third-order valence-electron chi connectivity index (χ3n) is 5.37. The molecule has 0 spiro atoms. The number of halogens is 1. The molecule has 0 aliphatic carbocycles. The lowest BCUT2D eigenvalue weighted by molar-refractivity contribution is 0.0697. The average Bonchev–Trinajstić information content (AvgIpc) is 2.77. The monoisotopic (exact) mass is 432 g/mol. The maximum absolute atomic E-state index is 13.6. The van der Waals surface area contributed by atoms with Gasteiger partial charge in [0, 0.05) is 34.8 Å². The molecule has 0 saturated carbocycles. The van der Waals surface area contributed by atoms with Crippen molar-refractivity contribution in [3.05, 3.63) is 93.2 Å². The lowest BCUT2D eigenvalue weighted by Crippen LogP contribution is -2.14. The predicted octanol–water partition coefficient (Wildman–Crippen LogP) is 5.48. The van der Waals surface area contributed by atoms with Gasteiger partial charge in [-0.05, 0) is 62.7 Å². The Morgan fingerprint density at radius 1 is 1.19 bits per heavy atom. The Bertz CT molecular complexity index is 1400. The molecular weight excluding hydrogens is 411 g/mol. The van der Waals surface area contributed by atoms with Crippen molar-refractivity contribution in [1.29, 1.82) is 0 Å². The van der Waals surface area contributed by atoms with Gasteiger partial charge >= 0.3 is 5.97 Å². The highest BCUT2D eigenvalue weighted by Gasteiger charge is 2.20. The number of rotatable bonds is 5. The molecule has 2 N–H and O–H groups in total. The van der Waals surface area contributed by atoms with E-state index in [9.17, 15) is 19.1 Å². The quantitative estimate of drug-likeness (QED) is 0.434. The first kappa shape index (κ1) is 21.2. The number of anilines is 1. The van der Waals surface area contributed by atoms with Crippen molar-refractivity contribution in [2.24, 2.45) is 0 Å². The number of carbonyl (C=O) groups is 1. The second-order valence-corrected chi connectivity index (χ2v) is 7.72. The zero-order valence-electron chi connectivity index (χ0n) is 17.8. The fraction of sp³-hybridized carbons (Fsp3) is 0.160. The number of fused-ring (bicyclic) bond motifs is 1. The molecule has 0 fully saturated rings. The Balaban J connectivity index is 1.88. The van der Waals surface area contributed by atoms with Crippen LogP contribution in [0.25, 0.3) is 22.3 Å². The molecule has 0 aliphatic heterocycles. The molecule has 1 unspecified atom stereocenters. The van der Waals surface area contributed by atoms with E-state index in [1.165, 1.54) is 12.1 Å². The van der Waals surface area contributed by atoms with Crippen LogP contribution < -0.4 is 10.7 Å². The van der Waals surface area contributed by atoms with Crippen LogP contribution >= 0.6 is 0 Å². The van der Waals surface area contributed by atoms with E-state index in [2.05, 4.69) is 10.3 Å². The number of hydrogen-bond donors (Lipinski definition) is 2. The number of carboxylic acid groups (broad SMARTS) is 1. The van der Waals surface area contributed by atoms with Gasteiger partial charge in [0.05, 0.1) is 17.0 Å². The normalized spacial score (nSPS) is 12.0. The summed E-state index contributed by atoms with van der Waals surface area (Å²) >= 11 is 0. The minimum Gasteiger partial charge on any atom is -0.478 e. The minimum atomic E-state index is -1.24. The Kier molecular flexibility index (Phi) is 5.48. The Labute approximate surface area is 183 Å². The molecule has 32 heavy (non-hydrogen) atoms. The van der Waals surface area contributed by atoms with Crippen LogP contribution in [0.15, 0.2) is 64.1 Å². The number of aromatic carboxylic acids is 1. The molecule has 4 rings (SSSR count). The van der Waals surface area contributed by atoms with Crippen molar-refractivity contribution < 1.29 is 18.7 Å². The van der Waals surface area contributed by atoms with Crippen molar-refractivity contribution >= 4 is 22.6 Å². The van der Waals surface area contributed by atoms with Gasteiger partial charge in [-0.1, -0.05) is 6.07 Å². The van der Waals surface area contributed by atoms with Crippen LogP contribution in [0, 0.1) is 19.7 Å². The van der Waals surface area contributed by atoms with Gasteiger partial charge in [-0.2, -0.15) is 0 Å². The fourth-order valence-corrected chi connectivity index (χ4v) is 3.79. The first-order valence-electron chi connectivity index (χ1n) is 10.0. The number of benzene rings is 2. The Morgan fingerprint density at radius 2 is 1.97 bits per heavy atom. The Hall–Kier alpha value is -4.00. The van der Waals surface area contributed by atoms with E-state index in [-0.39, 0.29) is 16.7 Å². The fourth-order valence-electron chi connectivity index (χ4n) is 3.79. The van der Waals surface area contributed by atoms with Crippen LogP contribution in [-0.4, -0.2) is 16.1 Å². The van der Waals surface area contributed by atoms with Crippen molar-refractivity contribution in [3.63, 3.8) is 0 Å². The Morgan fingerprint density at radius 3 is 2.66 bits per heavy atom. The van der Waals surface area contributed by atoms with Crippen molar-refractivity contribution in [2.45, 2.75) is 26.8 Å². The van der Waals surface area contributed by atoms with Gasteiger partial charge < -0.3 is 14.8 Å². The number of aryl methyl sites for hydroxylation is 1. The number of hydrogen-bond acceptors (Lipinski definition) is 5. The summed E-state index contributed by atoms with van der Waals surface area (Å²) in [5.41, 5.74) is 3.06. The zero-order chi connectivity index (χ0) is 23.0. The van der Waals surface area contributed by atoms with Crippen LogP contribution in [0.3, 0.4) is 0 Å². The second kappa shape index (κ2) is 8.26. The van der Waals surface area contributed by atoms with Gasteiger partial charge in [-0.15, -0.1) is 0 Å². The van der Waals surface area contributed by atoms with Gasteiger partial charge in [0.25, 0.3) is 0 Å². The number of nitrogens with one attached hydrogen (secondary N) is 1. The highest BCUT2D eigenvalue weighted by Crippen LogP contribution is 2.32. The first-order valence-corrected chi connectivity index (χ1v) is 10.0. The molecule has 4 aromatic rings. The van der Waals surface area contributed by atoms with E-state index >= 15 is 0 Å².